The Balaban J connectivity index is 2.19. The average molecular weight is 187 g/mol. The molecule has 0 spiro atoms. The van der Waals surface area contributed by atoms with Crippen LogP contribution in [0.25, 0.3) is 0 Å². The van der Waals surface area contributed by atoms with Crippen LogP contribution in [0.4, 0.5) is 5.69 Å². The Bertz CT molecular complexity index is 331. The van der Waals surface area contributed by atoms with E-state index in [-0.39, 0.29) is 0 Å². The van der Waals surface area contributed by atoms with E-state index >= 15 is 0 Å². The standard InChI is InChI=1S/C13H17N/c1-11-7-5-6-10-13(11)14-12-8-3-2-4-9-12/h5-7,10H,2-4,8-9H2,1H3. The highest BCUT2D eigenvalue weighted by atomic mass is 14.7. The topological polar surface area (TPSA) is 12.4 Å². The lowest BCUT2D eigenvalue weighted by Crippen LogP contribution is -2.03. The fourth-order valence-electron chi connectivity index (χ4n) is 1.93. The minimum Gasteiger partial charge on any atom is -0.258 e. The zero-order valence-corrected chi connectivity index (χ0v) is 8.79. The molecule has 0 heterocycles. The molecule has 0 bridgehead atoms. The van der Waals surface area contributed by atoms with Gasteiger partial charge in [0.2, 0.25) is 0 Å². The van der Waals surface area contributed by atoms with E-state index in [1.807, 2.05) is 0 Å². The second-order valence-electron chi connectivity index (χ2n) is 4.03. The first-order valence-corrected chi connectivity index (χ1v) is 5.48. The lowest BCUT2D eigenvalue weighted by molar-refractivity contribution is 0.667. The molecule has 0 saturated heterocycles. The average Bonchev–Trinajstić information content (AvgIpc) is 2.23. The first kappa shape index (κ1) is 9.45. The fraction of sp³-hybridized carbons (Fsp3) is 0.462. The van der Waals surface area contributed by atoms with Crippen LogP contribution in [-0.2, 0) is 0 Å². The van der Waals surface area contributed by atoms with Crippen molar-refractivity contribution in [2.45, 2.75) is 39.0 Å². The Morgan fingerprint density at radius 3 is 2.43 bits per heavy atom. The second-order valence-corrected chi connectivity index (χ2v) is 4.03. The highest BCUT2D eigenvalue weighted by molar-refractivity contribution is 5.87. The summed E-state index contributed by atoms with van der Waals surface area (Å²) in [5.74, 6) is 0. The van der Waals surface area contributed by atoms with Crippen molar-refractivity contribution in [3.63, 3.8) is 0 Å². The van der Waals surface area contributed by atoms with Crippen molar-refractivity contribution in [2.75, 3.05) is 0 Å². The van der Waals surface area contributed by atoms with Gasteiger partial charge in [-0.2, -0.15) is 0 Å². The molecule has 1 fully saturated rings. The van der Waals surface area contributed by atoms with Crippen LogP contribution in [0.1, 0.15) is 37.7 Å². The van der Waals surface area contributed by atoms with Gasteiger partial charge in [-0.05, 0) is 44.2 Å². The van der Waals surface area contributed by atoms with Crippen molar-refractivity contribution in [1.82, 2.24) is 0 Å². The number of hydrogen-bond acceptors (Lipinski definition) is 1. The summed E-state index contributed by atoms with van der Waals surface area (Å²) in [5.41, 5.74) is 3.83. The van der Waals surface area contributed by atoms with E-state index in [0.717, 1.165) is 5.69 Å². The summed E-state index contributed by atoms with van der Waals surface area (Å²) in [6.45, 7) is 2.13. The van der Waals surface area contributed by atoms with E-state index in [1.165, 1.54) is 43.4 Å². The van der Waals surface area contributed by atoms with E-state index in [2.05, 4.69) is 31.2 Å². The Hall–Kier alpha value is -1.11. The molecule has 0 N–H and O–H groups in total. The molecule has 0 amide bonds. The predicted molar refractivity (Wildman–Crippen MR) is 61.4 cm³/mol. The van der Waals surface area contributed by atoms with Crippen LogP contribution >= 0.6 is 0 Å². The van der Waals surface area contributed by atoms with Crippen molar-refractivity contribution < 1.29 is 0 Å². The van der Waals surface area contributed by atoms with E-state index in [1.54, 1.807) is 0 Å². The van der Waals surface area contributed by atoms with Crippen molar-refractivity contribution in [3.8, 4) is 0 Å². The van der Waals surface area contributed by atoms with Gasteiger partial charge in [0.25, 0.3) is 0 Å². The number of aryl methyl sites for hydroxylation is 1. The van der Waals surface area contributed by atoms with Gasteiger partial charge in [-0.1, -0.05) is 24.6 Å². The number of hydrogen-bond donors (Lipinski definition) is 0. The summed E-state index contributed by atoms with van der Waals surface area (Å²) in [6, 6.07) is 8.37. The fourth-order valence-corrected chi connectivity index (χ4v) is 1.93. The number of benzene rings is 1. The molecule has 1 nitrogen and oxygen atoms in total. The van der Waals surface area contributed by atoms with E-state index in [9.17, 15) is 0 Å². The van der Waals surface area contributed by atoms with E-state index in [0.29, 0.717) is 0 Å². The van der Waals surface area contributed by atoms with E-state index in [4.69, 9.17) is 4.99 Å². The Morgan fingerprint density at radius 2 is 1.71 bits per heavy atom. The quantitative estimate of drug-likeness (QED) is 0.629. The first-order chi connectivity index (χ1) is 6.86. The lowest BCUT2D eigenvalue weighted by Gasteiger charge is -2.12. The van der Waals surface area contributed by atoms with Gasteiger partial charge in [-0.15, -0.1) is 0 Å². The largest absolute Gasteiger partial charge is 0.258 e. The maximum Gasteiger partial charge on any atom is 0.0658 e. The molecule has 2 rings (SSSR count). The van der Waals surface area contributed by atoms with Crippen LogP contribution in [-0.4, -0.2) is 5.71 Å². The first-order valence-electron chi connectivity index (χ1n) is 5.48. The summed E-state index contributed by atoms with van der Waals surface area (Å²) >= 11 is 0. The van der Waals surface area contributed by atoms with Crippen molar-refractivity contribution in [1.29, 1.82) is 0 Å². The van der Waals surface area contributed by atoms with Gasteiger partial charge >= 0.3 is 0 Å². The van der Waals surface area contributed by atoms with E-state index < -0.39 is 0 Å². The molecule has 0 unspecified atom stereocenters. The maximum absolute atomic E-state index is 4.73. The van der Waals surface area contributed by atoms with Gasteiger partial charge in [0, 0.05) is 5.71 Å². The smallest absolute Gasteiger partial charge is 0.0658 e. The molecular formula is C13H17N. The van der Waals surface area contributed by atoms with Gasteiger partial charge in [0.1, 0.15) is 0 Å². The minimum atomic E-state index is 1.16. The van der Waals surface area contributed by atoms with Gasteiger partial charge in [-0.25, -0.2) is 0 Å². The molecule has 1 aromatic carbocycles. The second kappa shape index (κ2) is 4.41. The number of aliphatic imine (C=N–C) groups is 1. The van der Waals surface area contributed by atoms with Crippen molar-refractivity contribution in [2.24, 2.45) is 4.99 Å². The SMILES string of the molecule is Cc1ccccc1N=C1CCCCC1. The summed E-state index contributed by atoms with van der Waals surface area (Å²) in [5, 5.41) is 0. The molecule has 0 atom stereocenters. The third-order valence-corrected chi connectivity index (χ3v) is 2.82. The molecule has 0 radical (unpaired) electrons. The number of para-hydroxylation sites is 1. The summed E-state index contributed by atoms with van der Waals surface area (Å²) in [7, 11) is 0. The van der Waals surface area contributed by atoms with Crippen LogP contribution < -0.4 is 0 Å². The zero-order chi connectivity index (χ0) is 9.80. The minimum absolute atomic E-state index is 1.16. The third kappa shape index (κ3) is 2.22. The van der Waals surface area contributed by atoms with Crippen LogP contribution in [0.5, 0.6) is 0 Å². The normalized spacial score (nSPS) is 16.8. The van der Waals surface area contributed by atoms with Gasteiger partial charge in [-0.3, -0.25) is 4.99 Å². The summed E-state index contributed by atoms with van der Waals surface area (Å²) in [4.78, 5) is 4.73. The molecule has 1 aliphatic rings. The number of rotatable bonds is 1. The Labute approximate surface area is 85.9 Å². The summed E-state index contributed by atoms with van der Waals surface area (Å²) in [6.07, 6.45) is 6.44. The molecule has 1 aromatic rings. The molecule has 74 valence electrons. The maximum atomic E-state index is 4.73. The molecule has 1 aliphatic carbocycles. The molecule has 0 aliphatic heterocycles. The van der Waals surface area contributed by atoms with Crippen molar-refractivity contribution in [3.05, 3.63) is 29.8 Å². The molecule has 14 heavy (non-hydrogen) atoms. The zero-order valence-electron chi connectivity index (χ0n) is 8.79. The summed E-state index contributed by atoms with van der Waals surface area (Å²) < 4.78 is 0. The van der Waals surface area contributed by atoms with Gasteiger partial charge < -0.3 is 0 Å². The van der Waals surface area contributed by atoms with Crippen LogP contribution in [0.2, 0.25) is 0 Å². The number of nitrogens with zero attached hydrogens (tertiary/aromatic N) is 1. The van der Waals surface area contributed by atoms with Crippen LogP contribution in [0.15, 0.2) is 29.3 Å². The van der Waals surface area contributed by atoms with Crippen LogP contribution in [0.3, 0.4) is 0 Å². The Kier molecular flexibility index (Phi) is 2.97. The molecule has 1 heteroatoms. The monoisotopic (exact) mass is 187 g/mol. The molecular weight excluding hydrogens is 170 g/mol. The lowest BCUT2D eigenvalue weighted by atomic mass is 9.98. The highest BCUT2D eigenvalue weighted by Crippen LogP contribution is 2.22. The van der Waals surface area contributed by atoms with Crippen LogP contribution in [0, 0.1) is 6.92 Å². The third-order valence-electron chi connectivity index (χ3n) is 2.82. The van der Waals surface area contributed by atoms with Crippen molar-refractivity contribution >= 4 is 11.4 Å². The van der Waals surface area contributed by atoms with Gasteiger partial charge in [0.05, 0.1) is 5.69 Å². The highest BCUT2D eigenvalue weighted by Gasteiger charge is 2.06. The molecule has 1 saturated carbocycles. The molecule has 0 aromatic heterocycles. The predicted octanol–water partition coefficient (Wildman–Crippen LogP) is 4.03. The Morgan fingerprint density at radius 1 is 1.00 bits per heavy atom. The van der Waals surface area contributed by atoms with Gasteiger partial charge in [0.15, 0.2) is 0 Å².